The molecule has 0 aromatic heterocycles. The normalized spacial score (nSPS) is 10.9. The van der Waals surface area contributed by atoms with Crippen molar-refractivity contribution < 1.29 is 13.6 Å². The van der Waals surface area contributed by atoms with E-state index in [1.165, 1.54) is 12.1 Å². The number of carbonyl (C=O) groups is 1. The van der Waals surface area contributed by atoms with Crippen molar-refractivity contribution >= 4 is 5.78 Å². The van der Waals surface area contributed by atoms with Gasteiger partial charge in [-0.3, -0.25) is 4.79 Å². The van der Waals surface area contributed by atoms with Crippen LogP contribution in [0.15, 0.2) is 30.4 Å². The van der Waals surface area contributed by atoms with Gasteiger partial charge in [-0.05, 0) is 24.6 Å². The topological polar surface area (TPSA) is 17.1 Å². The van der Waals surface area contributed by atoms with Crippen molar-refractivity contribution in [3.63, 3.8) is 0 Å². The number of hydrogen-bond acceptors (Lipinski definition) is 1. The summed E-state index contributed by atoms with van der Waals surface area (Å²) in [6, 6.07) is 3.57. The van der Waals surface area contributed by atoms with Crippen LogP contribution in [0, 0.1) is 11.6 Å². The summed E-state index contributed by atoms with van der Waals surface area (Å²) in [6.45, 7) is 1.88. The lowest BCUT2D eigenvalue weighted by molar-refractivity contribution is -0.114. The molecule has 3 heteroatoms. The van der Waals surface area contributed by atoms with Gasteiger partial charge in [-0.15, -0.1) is 0 Å². The maximum atomic E-state index is 13.1. The number of halogens is 2. The largest absolute Gasteiger partial charge is 0.294 e. The van der Waals surface area contributed by atoms with Crippen LogP contribution in [0.2, 0.25) is 0 Å². The number of allylic oxidation sites excluding steroid dienone is 2. The van der Waals surface area contributed by atoms with E-state index in [0.29, 0.717) is 0 Å². The fraction of sp³-hybridized carbons (Fsp3) is 0.250. The van der Waals surface area contributed by atoms with Gasteiger partial charge in [0.15, 0.2) is 5.78 Å². The lowest BCUT2D eigenvalue weighted by Crippen LogP contribution is -2.03. The number of ketones is 1. The van der Waals surface area contributed by atoms with Crippen LogP contribution in [0.5, 0.6) is 0 Å². The van der Waals surface area contributed by atoms with Gasteiger partial charge in [0.2, 0.25) is 0 Å². The molecule has 1 aromatic rings. The molecule has 0 bridgehead atoms. The molecule has 0 heterocycles. The van der Waals surface area contributed by atoms with Crippen molar-refractivity contribution in [3.05, 3.63) is 47.5 Å². The summed E-state index contributed by atoms with van der Waals surface area (Å²) in [5.41, 5.74) is -0.164. The first-order valence-electron chi connectivity index (χ1n) is 4.77. The van der Waals surface area contributed by atoms with Crippen LogP contribution in [0.1, 0.15) is 18.9 Å². The van der Waals surface area contributed by atoms with E-state index in [1.807, 2.05) is 6.92 Å². The molecular formula is C12H12F2O. The van der Waals surface area contributed by atoms with Crippen LogP contribution < -0.4 is 0 Å². The fourth-order valence-corrected chi connectivity index (χ4v) is 1.18. The average Bonchev–Trinajstić information content (AvgIpc) is 2.21. The second kappa shape index (κ2) is 5.39. The van der Waals surface area contributed by atoms with Crippen LogP contribution in [0.4, 0.5) is 8.78 Å². The minimum absolute atomic E-state index is 0.164. The van der Waals surface area contributed by atoms with E-state index in [-0.39, 0.29) is 17.8 Å². The zero-order valence-corrected chi connectivity index (χ0v) is 8.47. The molecule has 0 fully saturated rings. The summed E-state index contributed by atoms with van der Waals surface area (Å²) in [4.78, 5) is 11.3. The molecule has 0 aliphatic heterocycles. The van der Waals surface area contributed by atoms with Crippen molar-refractivity contribution in [2.24, 2.45) is 0 Å². The molecule has 80 valence electrons. The van der Waals surface area contributed by atoms with E-state index >= 15 is 0 Å². The Balaban J connectivity index is 2.80. The molecule has 1 nitrogen and oxygen atoms in total. The molecule has 0 amide bonds. The predicted octanol–water partition coefficient (Wildman–Crippen LogP) is 3.04. The number of hydrogen-bond donors (Lipinski definition) is 0. The third kappa shape index (κ3) is 3.27. The van der Waals surface area contributed by atoms with Crippen molar-refractivity contribution in [2.45, 2.75) is 19.8 Å². The van der Waals surface area contributed by atoms with Crippen LogP contribution >= 0.6 is 0 Å². The lowest BCUT2D eigenvalue weighted by atomic mass is 10.1. The molecule has 0 atom stereocenters. The van der Waals surface area contributed by atoms with Crippen molar-refractivity contribution in [1.82, 2.24) is 0 Å². The SMILES string of the molecule is CC/C=C/C(=O)Cc1c(F)cccc1F. The molecule has 0 saturated carbocycles. The molecular weight excluding hydrogens is 198 g/mol. The van der Waals surface area contributed by atoms with Crippen molar-refractivity contribution in [2.75, 3.05) is 0 Å². The molecule has 0 saturated heterocycles. The average molecular weight is 210 g/mol. The zero-order valence-electron chi connectivity index (χ0n) is 8.47. The number of benzene rings is 1. The Hall–Kier alpha value is -1.51. The fourth-order valence-electron chi connectivity index (χ4n) is 1.18. The Labute approximate surface area is 87.4 Å². The minimum atomic E-state index is -0.673. The maximum absolute atomic E-state index is 13.1. The van der Waals surface area contributed by atoms with Crippen molar-refractivity contribution in [1.29, 1.82) is 0 Å². The highest BCUT2D eigenvalue weighted by molar-refractivity contribution is 5.91. The third-order valence-electron chi connectivity index (χ3n) is 1.95. The second-order valence-electron chi connectivity index (χ2n) is 3.15. The van der Waals surface area contributed by atoms with Crippen LogP contribution in [-0.4, -0.2) is 5.78 Å². The number of carbonyl (C=O) groups excluding carboxylic acids is 1. The molecule has 1 aromatic carbocycles. The van der Waals surface area contributed by atoms with E-state index in [9.17, 15) is 13.6 Å². The third-order valence-corrected chi connectivity index (χ3v) is 1.95. The summed E-state index contributed by atoms with van der Waals surface area (Å²) >= 11 is 0. The van der Waals surface area contributed by atoms with Gasteiger partial charge >= 0.3 is 0 Å². The highest BCUT2D eigenvalue weighted by atomic mass is 19.1. The molecule has 0 spiro atoms. The van der Waals surface area contributed by atoms with E-state index in [4.69, 9.17) is 0 Å². The van der Waals surface area contributed by atoms with Gasteiger partial charge in [0.05, 0.1) is 0 Å². The van der Waals surface area contributed by atoms with Gasteiger partial charge < -0.3 is 0 Å². The standard InChI is InChI=1S/C12H12F2O/c1-2-3-5-9(15)8-10-11(13)6-4-7-12(10)14/h3-7H,2,8H2,1H3/b5-3+. The van der Waals surface area contributed by atoms with Gasteiger partial charge in [0.25, 0.3) is 0 Å². The van der Waals surface area contributed by atoms with Crippen molar-refractivity contribution in [3.8, 4) is 0 Å². The quantitative estimate of drug-likeness (QED) is 0.698. The van der Waals surface area contributed by atoms with Gasteiger partial charge in [-0.25, -0.2) is 8.78 Å². The second-order valence-corrected chi connectivity index (χ2v) is 3.15. The predicted molar refractivity (Wildman–Crippen MR) is 54.5 cm³/mol. The molecule has 0 N–H and O–H groups in total. The Morgan fingerprint density at radius 2 is 1.93 bits per heavy atom. The number of rotatable bonds is 4. The Morgan fingerprint density at radius 1 is 1.33 bits per heavy atom. The van der Waals surface area contributed by atoms with Crippen LogP contribution in [0.3, 0.4) is 0 Å². The van der Waals surface area contributed by atoms with E-state index in [2.05, 4.69) is 0 Å². The Kier molecular flexibility index (Phi) is 4.16. The molecule has 0 radical (unpaired) electrons. The first-order valence-corrected chi connectivity index (χ1v) is 4.77. The van der Waals surface area contributed by atoms with E-state index in [0.717, 1.165) is 18.6 Å². The van der Waals surface area contributed by atoms with E-state index < -0.39 is 11.6 Å². The summed E-state index contributed by atoms with van der Waals surface area (Å²) in [6.07, 6.45) is 3.52. The summed E-state index contributed by atoms with van der Waals surface area (Å²) in [5, 5.41) is 0. The molecule has 0 aliphatic carbocycles. The smallest absolute Gasteiger partial charge is 0.159 e. The van der Waals surface area contributed by atoms with Gasteiger partial charge in [0, 0.05) is 12.0 Å². The van der Waals surface area contributed by atoms with E-state index in [1.54, 1.807) is 6.08 Å². The highest BCUT2D eigenvalue weighted by Gasteiger charge is 2.10. The first-order chi connectivity index (χ1) is 7.15. The molecule has 0 unspecified atom stereocenters. The Bertz CT molecular complexity index is 363. The zero-order chi connectivity index (χ0) is 11.3. The highest BCUT2D eigenvalue weighted by Crippen LogP contribution is 2.13. The van der Waals surface area contributed by atoms with Gasteiger partial charge in [-0.2, -0.15) is 0 Å². The first kappa shape index (κ1) is 11.6. The Morgan fingerprint density at radius 3 is 2.47 bits per heavy atom. The van der Waals surface area contributed by atoms with Crippen LogP contribution in [0.25, 0.3) is 0 Å². The maximum Gasteiger partial charge on any atom is 0.159 e. The minimum Gasteiger partial charge on any atom is -0.294 e. The monoisotopic (exact) mass is 210 g/mol. The summed E-state index contributed by atoms with van der Waals surface area (Å²) in [5.74, 6) is -1.64. The molecule has 0 aliphatic rings. The summed E-state index contributed by atoms with van der Waals surface area (Å²) in [7, 11) is 0. The lowest BCUT2D eigenvalue weighted by Gasteiger charge is -2.01. The molecule has 1 rings (SSSR count). The van der Waals surface area contributed by atoms with Gasteiger partial charge in [0.1, 0.15) is 11.6 Å². The molecule has 15 heavy (non-hydrogen) atoms. The summed E-state index contributed by atoms with van der Waals surface area (Å²) < 4.78 is 26.2. The van der Waals surface area contributed by atoms with Crippen LogP contribution in [-0.2, 0) is 11.2 Å². The van der Waals surface area contributed by atoms with Gasteiger partial charge in [-0.1, -0.05) is 19.1 Å².